The second kappa shape index (κ2) is 7.90. The van der Waals surface area contributed by atoms with Crippen LogP contribution in [-0.2, 0) is 11.8 Å². The fourth-order valence-corrected chi connectivity index (χ4v) is 6.00. The second-order valence-corrected chi connectivity index (χ2v) is 9.48. The van der Waals surface area contributed by atoms with Crippen molar-refractivity contribution in [2.75, 3.05) is 5.75 Å². The summed E-state index contributed by atoms with van der Waals surface area (Å²) in [5.74, 6) is 1.33. The first-order valence-corrected chi connectivity index (χ1v) is 11.5. The van der Waals surface area contributed by atoms with Crippen molar-refractivity contribution in [1.29, 1.82) is 0 Å². The summed E-state index contributed by atoms with van der Waals surface area (Å²) in [6, 6.07) is 8.55. The molecule has 2 aliphatic carbocycles. The molecule has 1 saturated carbocycles. The number of benzene rings is 1. The van der Waals surface area contributed by atoms with Crippen LogP contribution in [0.25, 0.3) is 11.3 Å². The topological polar surface area (TPSA) is 45.8 Å². The van der Waals surface area contributed by atoms with Gasteiger partial charge < -0.3 is 4.98 Å². The van der Waals surface area contributed by atoms with E-state index in [0.717, 1.165) is 41.0 Å². The van der Waals surface area contributed by atoms with Crippen LogP contribution < -0.4 is 5.56 Å². The van der Waals surface area contributed by atoms with Crippen LogP contribution >= 0.6 is 11.8 Å². The van der Waals surface area contributed by atoms with Crippen LogP contribution in [0.5, 0.6) is 0 Å². The lowest BCUT2D eigenvalue weighted by Gasteiger charge is -2.45. The van der Waals surface area contributed by atoms with Crippen molar-refractivity contribution < 1.29 is 0 Å². The maximum absolute atomic E-state index is 13.4. The highest BCUT2D eigenvalue weighted by Crippen LogP contribution is 2.50. The van der Waals surface area contributed by atoms with Gasteiger partial charge in [0, 0.05) is 16.7 Å². The van der Waals surface area contributed by atoms with Gasteiger partial charge in [0.05, 0.1) is 11.3 Å². The molecule has 148 valence electrons. The van der Waals surface area contributed by atoms with Crippen molar-refractivity contribution in [3.8, 4) is 11.3 Å². The molecule has 0 saturated heterocycles. The molecule has 2 aromatic rings. The Morgan fingerprint density at radius 2 is 2.04 bits per heavy atom. The van der Waals surface area contributed by atoms with Gasteiger partial charge in [-0.1, -0.05) is 74.4 Å². The molecule has 2 aliphatic rings. The van der Waals surface area contributed by atoms with E-state index in [1.54, 1.807) is 11.8 Å². The largest absolute Gasteiger partial charge is 0.301 e. The number of aromatic amines is 1. The van der Waals surface area contributed by atoms with Gasteiger partial charge in [-0.2, -0.15) is 0 Å². The first-order valence-electron chi connectivity index (χ1n) is 10.6. The molecule has 0 spiro atoms. The summed E-state index contributed by atoms with van der Waals surface area (Å²) < 4.78 is 0. The lowest BCUT2D eigenvalue weighted by atomic mass is 9.58. The Labute approximate surface area is 172 Å². The van der Waals surface area contributed by atoms with Crippen molar-refractivity contribution in [2.45, 2.75) is 69.4 Å². The number of thioether (sulfide) groups is 1. The standard InChI is InChI=1S/C24H30N2OS/c1-4-24(18-11-6-5-7-12-18)14-17-10-8-9-13-19(17)21-20(24)22(27)26-23(25-21)28-15-16(2)3/h8-10,13,18H,2,4-7,11-12,14-15H2,1,3H3,(H,25,26,27)/t24-/m0/s1. The van der Waals surface area contributed by atoms with Crippen LogP contribution in [0.2, 0.25) is 0 Å². The maximum atomic E-state index is 13.4. The van der Waals surface area contributed by atoms with Crippen LogP contribution in [-0.4, -0.2) is 15.7 Å². The Kier molecular flexibility index (Phi) is 5.50. The molecule has 1 atom stereocenters. The molecule has 0 aliphatic heterocycles. The summed E-state index contributed by atoms with van der Waals surface area (Å²) in [7, 11) is 0. The van der Waals surface area contributed by atoms with E-state index in [-0.39, 0.29) is 11.0 Å². The van der Waals surface area contributed by atoms with Crippen molar-refractivity contribution in [3.63, 3.8) is 0 Å². The third kappa shape index (κ3) is 3.36. The zero-order valence-corrected chi connectivity index (χ0v) is 17.8. The van der Waals surface area contributed by atoms with Gasteiger partial charge >= 0.3 is 0 Å². The molecule has 1 fully saturated rings. The predicted octanol–water partition coefficient (Wildman–Crippen LogP) is 5.89. The van der Waals surface area contributed by atoms with Crippen molar-refractivity contribution in [1.82, 2.24) is 9.97 Å². The average molecular weight is 395 g/mol. The maximum Gasteiger partial charge on any atom is 0.255 e. The van der Waals surface area contributed by atoms with E-state index >= 15 is 0 Å². The average Bonchev–Trinajstić information content (AvgIpc) is 2.72. The number of nitrogens with one attached hydrogen (secondary N) is 1. The Balaban J connectivity index is 1.90. The number of rotatable bonds is 5. The lowest BCUT2D eigenvalue weighted by molar-refractivity contribution is 0.188. The van der Waals surface area contributed by atoms with Crippen LogP contribution in [0.1, 0.15) is 63.5 Å². The van der Waals surface area contributed by atoms with Crippen LogP contribution in [0.15, 0.2) is 46.4 Å². The second-order valence-electron chi connectivity index (χ2n) is 8.52. The number of hydrogen-bond acceptors (Lipinski definition) is 3. The molecule has 1 N–H and O–H groups in total. The van der Waals surface area contributed by atoms with E-state index < -0.39 is 0 Å². The highest BCUT2D eigenvalue weighted by atomic mass is 32.2. The Morgan fingerprint density at radius 1 is 1.29 bits per heavy atom. The minimum Gasteiger partial charge on any atom is -0.301 e. The van der Waals surface area contributed by atoms with Crippen LogP contribution in [0.3, 0.4) is 0 Å². The molecule has 0 bridgehead atoms. The molecule has 3 nitrogen and oxygen atoms in total. The van der Waals surface area contributed by atoms with Crippen molar-refractivity contribution >= 4 is 11.8 Å². The third-order valence-corrected chi connectivity index (χ3v) is 7.75. The fraction of sp³-hybridized carbons (Fsp3) is 0.500. The molecule has 28 heavy (non-hydrogen) atoms. The van der Waals surface area contributed by atoms with E-state index in [9.17, 15) is 4.79 Å². The number of hydrogen-bond donors (Lipinski definition) is 1. The molecule has 0 unspecified atom stereocenters. The number of aromatic nitrogens is 2. The van der Waals surface area contributed by atoms with Gasteiger partial charge in [-0.15, -0.1) is 0 Å². The molecule has 4 rings (SSSR count). The summed E-state index contributed by atoms with van der Waals surface area (Å²) in [6.07, 6.45) is 8.28. The van der Waals surface area contributed by atoms with E-state index in [1.165, 1.54) is 37.7 Å². The van der Waals surface area contributed by atoms with Crippen molar-refractivity contribution in [3.05, 3.63) is 57.9 Å². The van der Waals surface area contributed by atoms with Gasteiger partial charge in [0.15, 0.2) is 5.16 Å². The lowest BCUT2D eigenvalue weighted by Crippen LogP contribution is -2.45. The molecular formula is C24H30N2OS. The number of fused-ring (bicyclic) bond motifs is 3. The number of H-pyrrole nitrogens is 1. The normalized spacial score (nSPS) is 21.8. The van der Waals surface area contributed by atoms with E-state index in [1.807, 2.05) is 6.92 Å². The first-order chi connectivity index (χ1) is 13.5. The molecule has 0 radical (unpaired) electrons. The Bertz CT molecular complexity index is 942. The summed E-state index contributed by atoms with van der Waals surface area (Å²) in [5.41, 5.74) is 5.40. The minimum absolute atomic E-state index is 0.0659. The molecule has 4 heteroatoms. The van der Waals surface area contributed by atoms with Gasteiger partial charge in [-0.05, 0) is 44.1 Å². The Hall–Kier alpha value is -1.81. The quantitative estimate of drug-likeness (QED) is 0.391. The van der Waals surface area contributed by atoms with Gasteiger partial charge in [0.25, 0.3) is 5.56 Å². The van der Waals surface area contributed by atoms with Gasteiger partial charge in [0.2, 0.25) is 0 Å². The summed E-state index contributed by atoms with van der Waals surface area (Å²) in [4.78, 5) is 21.5. The van der Waals surface area contributed by atoms with Gasteiger partial charge in [0.1, 0.15) is 0 Å². The predicted molar refractivity (Wildman–Crippen MR) is 118 cm³/mol. The van der Waals surface area contributed by atoms with E-state index in [2.05, 4.69) is 42.8 Å². The third-order valence-electron chi connectivity index (χ3n) is 6.65. The van der Waals surface area contributed by atoms with Crippen LogP contribution in [0, 0.1) is 5.92 Å². The van der Waals surface area contributed by atoms with E-state index in [0.29, 0.717) is 11.1 Å². The molecule has 1 aromatic carbocycles. The number of nitrogens with zero attached hydrogens (tertiary/aromatic N) is 1. The Morgan fingerprint density at radius 3 is 2.75 bits per heavy atom. The minimum atomic E-state index is -0.0950. The summed E-state index contributed by atoms with van der Waals surface area (Å²) in [5, 5.41) is 0.706. The van der Waals surface area contributed by atoms with Crippen LogP contribution in [0.4, 0.5) is 0 Å². The molecular weight excluding hydrogens is 364 g/mol. The zero-order chi connectivity index (χ0) is 19.7. The molecule has 1 heterocycles. The zero-order valence-electron chi connectivity index (χ0n) is 17.0. The molecule has 0 amide bonds. The van der Waals surface area contributed by atoms with Gasteiger partial charge in [-0.3, -0.25) is 4.79 Å². The van der Waals surface area contributed by atoms with Crippen molar-refractivity contribution in [2.24, 2.45) is 5.92 Å². The first kappa shape index (κ1) is 19.5. The summed E-state index contributed by atoms with van der Waals surface area (Å²) in [6.45, 7) is 8.24. The summed E-state index contributed by atoms with van der Waals surface area (Å²) >= 11 is 1.57. The monoisotopic (exact) mass is 394 g/mol. The van der Waals surface area contributed by atoms with Gasteiger partial charge in [-0.25, -0.2) is 4.98 Å². The fourth-order valence-electron chi connectivity index (χ4n) is 5.30. The smallest absolute Gasteiger partial charge is 0.255 e. The van der Waals surface area contributed by atoms with E-state index in [4.69, 9.17) is 4.98 Å². The highest BCUT2D eigenvalue weighted by molar-refractivity contribution is 7.99. The SMILES string of the molecule is C=C(C)CSc1nc2c(c(=O)[nH]1)[C@](CC)(C1CCCCC1)Cc1ccccc1-2. The highest BCUT2D eigenvalue weighted by Gasteiger charge is 2.46. The molecule has 1 aromatic heterocycles.